The van der Waals surface area contributed by atoms with E-state index in [9.17, 15) is 9.59 Å². The first-order valence-electron chi connectivity index (χ1n) is 6.92. The molecule has 1 aromatic heterocycles. The number of hydrazine groups is 1. The number of furan rings is 1. The summed E-state index contributed by atoms with van der Waals surface area (Å²) >= 11 is 5.91. The van der Waals surface area contributed by atoms with Crippen molar-refractivity contribution in [3.05, 3.63) is 51.9 Å². The van der Waals surface area contributed by atoms with E-state index in [0.29, 0.717) is 27.9 Å². The number of rotatable bonds is 4. The van der Waals surface area contributed by atoms with Crippen molar-refractivity contribution in [3.63, 3.8) is 0 Å². The minimum absolute atomic E-state index is 0.231. The first kappa shape index (κ1) is 16.9. The van der Waals surface area contributed by atoms with E-state index in [1.54, 1.807) is 38.1 Å². The Morgan fingerprint density at radius 2 is 1.91 bits per heavy atom. The maximum absolute atomic E-state index is 11.9. The molecule has 2 amide bonds. The molecule has 2 N–H and O–H groups in total. The van der Waals surface area contributed by atoms with Crippen LogP contribution in [-0.4, -0.2) is 18.4 Å². The average Bonchev–Trinajstić information content (AvgIpc) is 2.84. The first-order valence-corrected chi connectivity index (χ1v) is 7.30. The van der Waals surface area contributed by atoms with Crippen LogP contribution in [0.1, 0.15) is 27.4 Å². The second kappa shape index (κ2) is 7.19. The zero-order valence-electron chi connectivity index (χ0n) is 13.0. The topological polar surface area (TPSA) is 80.6 Å². The first-order chi connectivity index (χ1) is 10.9. The summed E-state index contributed by atoms with van der Waals surface area (Å²) in [4.78, 5) is 23.6. The fourth-order valence-electron chi connectivity index (χ4n) is 1.94. The second-order valence-electron chi connectivity index (χ2n) is 5.03. The number of ether oxygens (including phenoxy) is 1. The van der Waals surface area contributed by atoms with Crippen LogP contribution >= 0.6 is 11.6 Å². The van der Waals surface area contributed by atoms with E-state index in [2.05, 4.69) is 10.9 Å². The molecule has 0 atom stereocenters. The molecule has 1 heterocycles. The van der Waals surface area contributed by atoms with Crippen LogP contribution in [0.2, 0.25) is 5.02 Å². The maximum Gasteiger partial charge on any atom is 0.276 e. The average molecular weight is 337 g/mol. The molecule has 2 rings (SSSR count). The molecular weight excluding hydrogens is 320 g/mol. The van der Waals surface area contributed by atoms with E-state index < -0.39 is 11.8 Å². The Bertz CT molecular complexity index is 740. The molecule has 0 aliphatic rings. The lowest BCUT2D eigenvalue weighted by molar-refractivity contribution is -0.123. The number of benzene rings is 1. The highest BCUT2D eigenvalue weighted by Crippen LogP contribution is 2.20. The molecule has 0 spiro atoms. The summed E-state index contributed by atoms with van der Waals surface area (Å²) in [6.07, 6.45) is 0. The molecule has 7 heteroatoms. The monoisotopic (exact) mass is 336 g/mol. The smallest absolute Gasteiger partial charge is 0.276 e. The van der Waals surface area contributed by atoms with Gasteiger partial charge in [0.25, 0.3) is 11.8 Å². The molecule has 0 bridgehead atoms. The van der Waals surface area contributed by atoms with Gasteiger partial charge in [0.05, 0.1) is 5.56 Å². The van der Waals surface area contributed by atoms with Crippen LogP contribution in [-0.2, 0) is 4.79 Å². The van der Waals surface area contributed by atoms with Gasteiger partial charge < -0.3 is 9.15 Å². The predicted octanol–water partition coefficient (Wildman–Crippen LogP) is 2.70. The summed E-state index contributed by atoms with van der Waals surface area (Å²) in [7, 11) is 0. The molecule has 0 radical (unpaired) electrons. The predicted molar refractivity (Wildman–Crippen MR) is 85.5 cm³/mol. The number of hydrogen-bond donors (Lipinski definition) is 2. The highest BCUT2D eigenvalue weighted by atomic mass is 35.5. The van der Waals surface area contributed by atoms with Crippen LogP contribution in [0.25, 0.3) is 0 Å². The number of carbonyl (C=O) groups is 2. The molecule has 0 aliphatic heterocycles. The van der Waals surface area contributed by atoms with Crippen molar-refractivity contribution in [3.8, 4) is 5.75 Å². The van der Waals surface area contributed by atoms with Gasteiger partial charge in [0.2, 0.25) is 0 Å². The van der Waals surface area contributed by atoms with Crippen molar-refractivity contribution >= 4 is 23.4 Å². The fraction of sp³-hybridized carbons (Fsp3) is 0.250. The lowest BCUT2D eigenvalue weighted by Gasteiger charge is -2.09. The third kappa shape index (κ3) is 4.50. The van der Waals surface area contributed by atoms with Gasteiger partial charge in [-0.3, -0.25) is 20.4 Å². The second-order valence-corrected chi connectivity index (χ2v) is 5.44. The molecule has 6 nitrogen and oxygen atoms in total. The van der Waals surface area contributed by atoms with Gasteiger partial charge in [-0.2, -0.15) is 0 Å². The van der Waals surface area contributed by atoms with E-state index >= 15 is 0 Å². The lowest BCUT2D eigenvalue weighted by atomic mass is 10.2. The molecule has 1 aromatic carbocycles. The molecular formula is C16H17ClN2O4. The Kier molecular flexibility index (Phi) is 5.28. The number of aryl methyl sites for hydroxylation is 3. The Morgan fingerprint density at radius 1 is 1.17 bits per heavy atom. The minimum atomic E-state index is -0.483. The molecule has 122 valence electrons. The molecule has 0 aliphatic carbocycles. The van der Waals surface area contributed by atoms with Crippen LogP contribution < -0.4 is 15.6 Å². The number of halogens is 1. The van der Waals surface area contributed by atoms with Crippen LogP contribution in [0.4, 0.5) is 0 Å². The van der Waals surface area contributed by atoms with Gasteiger partial charge in [-0.05, 0) is 50.6 Å². The molecule has 0 saturated heterocycles. The maximum atomic E-state index is 11.9. The van der Waals surface area contributed by atoms with Crippen LogP contribution in [0, 0.1) is 20.8 Å². The van der Waals surface area contributed by atoms with Crippen LogP contribution in [0.3, 0.4) is 0 Å². The van der Waals surface area contributed by atoms with E-state index in [1.165, 1.54) is 0 Å². The minimum Gasteiger partial charge on any atom is -0.484 e. The largest absolute Gasteiger partial charge is 0.484 e. The SMILES string of the molecule is Cc1cc(C(=O)NNC(=O)COc2ccc(Cl)c(C)c2)c(C)o1. The van der Waals surface area contributed by atoms with Crippen molar-refractivity contribution in [2.45, 2.75) is 20.8 Å². The summed E-state index contributed by atoms with van der Waals surface area (Å²) in [5.74, 6) is 0.705. The Hall–Kier alpha value is -2.47. The van der Waals surface area contributed by atoms with Crippen molar-refractivity contribution in [1.82, 2.24) is 10.9 Å². The van der Waals surface area contributed by atoms with E-state index in [-0.39, 0.29) is 6.61 Å². The van der Waals surface area contributed by atoms with Gasteiger partial charge in [-0.1, -0.05) is 11.6 Å². The highest BCUT2D eigenvalue weighted by Gasteiger charge is 2.14. The summed E-state index contributed by atoms with van der Waals surface area (Å²) in [5.41, 5.74) is 5.82. The summed E-state index contributed by atoms with van der Waals surface area (Å²) in [6.45, 7) is 5.02. The quantitative estimate of drug-likeness (QED) is 0.841. The van der Waals surface area contributed by atoms with Crippen molar-refractivity contribution < 1.29 is 18.7 Å². The molecule has 0 saturated carbocycles. The number of hydrogen-bond acceptors (Lipinski definition) is 4. The molecule has 0 fully saturated rings. The van der Waals surface area contributed by atoms with Gasteiger partial charge in [0.15, 0.2) is 6.61 Å². The van der Waals surface area contributed by atoms with E-state index in [0.717, 1.165) is 5.56 Å². The number of amides is 2. The number of nitrogens with one attached hydrogen (secondary N) is 2. The van der Waals surface area contributed by atoms with Gasteiger partial charge in [-0.25, -0.2) is 0 Å². The van der Waals surface area contributed by atoms with E-state index in [4.69, 9.17) is 20.8 Å². The zero-order valence-corrected chi connectivity index (χ0v) is 13.8. The van der Waals surface area contributed by atoms with Gasteiger partial charge in [0, 0.05) is 5.02 Å². The highest BCUT2D eigenvalue weighted by molar-refractivity contribution is 6.31. The molecule has 2 aromatic rings. The zero-order chi connectivity index (χ0) is 17.0. The lowest BCUT2D eigenvalue weighted by Crippen LogP contribution is -2.43. The third-order valence-corrected chi connectivity index (χ3v) is 3.52. The molecule has 23 heavy (non-hydrogen) atoms. The van der Waals surface area contributed by atoms with Crippen LogP contribution in [0.15, 0.2) is 28.7 Å². The van der Waals surface area contributed by atoms with Gasteiger partial charge >= 0.3 is 0 Å². The van der Waals surface area contributed by atoms with Crippen molar-refractivity contribution in [2.75, 3.05) is 6.61 Å². The standard InChI is InChI=1S/C16H17ClN2O4/c1-9-6-12(4-5-14(9)17)22-8-15(20)18-19-16(21)13-7-10(2)23-11(13)3/h4-7H,8H2,1-3H3,(H,18,20)(H,19,21). The number of carbonyl (C=O) groups excluding carboxylic acids is 2. The normalized spacial score (nSPS) is 10.3. The Labute approximate surface area is 138 Å². The Balaban J connectivity index is 1.82. The van der Waals surface area contributed by atoms with Crippen molar-refractivity contribution in [2.24, 2.45) is 0 Å². The fourth-order valence-corrected chi connectivity index (χ4v) is 2.06. The Morgan fingerprint density at radius 3 is 2.52 bits per heavy atom. The van der Waals surface area contributed by atoms with Gasteiger partial charge in [0.1, 0.15) is 17.3 Å². The summed E-state index contributed by atoms with van der Waals surface area (Å²) in [6, 6.07) is 6.68. The van der Waals surface area contributed by atoms with Gasteiger partial charge in [-0.15, -0.1) is 0 Å². The van der Waals surface area contributed by atoms with Crippen LogP contribution in [0.5, 0.6) is 5.75 Å². The molecule has 0 unspecified atom stereocenters. The summed E-state index contributed by atoms with van der Waals surface area (Å²) < 4.78 is 10.6. The van der Waals surface area contributed by atoms with Crippen molar-refractivity contribution in [1.29, 1.82) is 0 Å². The third-order valence-electron chi connectivity index (χ3n) is 3.10. The summed E-state index contributed by atoms with van der Waals surface area (Å²) in [5, 5.41) is 0.625. The van der Waals surface area contributed by atoms with E-state index in [1.807, 2.05) is 6.92 Å².